The number of carbonyl (C=O) groups excluding carboxylic acids is 1. The molecule has 1 saturated carbocycles. The number of carbonyl (C=O) groups is 1. The van der Waals surface area contributed by atoms with Gasteiger partial charge in [-0.1, -0.05) is 24.3 Å². The fourth-order valence-corrected chi connectivity index (χ4v) is 3.83. The number of nitrogens with zero attached hydrogens (tertiary/aromatic N) is 1. The summed E-state index contributed by atoms with van der Waals surface area (Å²) in [5, 5.41) is 4.30. The van der Waals surface area contributed by atoms with E-state index in [2.05, 4.69) is 28.2 Å². The summed E-state index contributed by atoms with van der Waals surface area (Å²) >= 11 is 0. The predicted molar refractivity (Wildman–Crippen MR) is 110 cm³/mol. The molecule has 5 heteroatoms. The first-order valence-corrected chi connectivity index (χ1v) is 9.66. The molecule has 1 atom stereocenters. The molecule has 0 bridgehead atoms. The highest BCUT2D eigenvalue weighted by Gasteiger charge is 2.27. The minimum Gasteiger partial charge on any atom is -0.493 e. The lowest BCUT2D eigenvalue weighted by Gasteiger charge is -2.19. The summed E-state index contributed by atoms with van der Waals surface area (Å²) in [5.74, 6) is 1.39. The number of aryl methyl sites for hydroxylation is 1. The van der Waals surface area contributed by atoms with Gasteiger partial charge in [-0.05, 0) is 42.2 Å². The SMILES string of the molecule is COc1ccc(C(CC(=O)NC2CC2)c2cn(C)c3ccccc23)cc1OC. The highest BCUT2D eigenvalue weighted by molar-refractivity contribution is 5.86. The molecule has 4 rings (SSSR count). The number of hydrogen-bond acceptors (Lipinski definition) is 3. The van der Waals surface area contributed by atoms with Crippen LogP contribution in [0, 0.1) is 0 Å². The van der Waals surface area contributed by atoms with Crippen LogP contribution in [-0.2, 0) is 11.8 Å². The zero-order valence-electron chi connectivity index (χ0n) is 16.6. The second-order valence-corrected chi connectivity index (χ2v) is 7.43. The molecule has 3 aromatic rings. The quantitative estimate of drug-likeness (QED) is 0.676. The average Bonchev–Trinajstić information content (AvgIpc) is 3.47. The fourth-order valence-electron chi connectivity index (χ4n) is 3.83. The van der Waals surface area contributed by atoms with E-state index >= 15 is 0 Å². The molecule has 1 aliphatic carbocycles. The lowest BCUT2D eigenvalue weighted by molar-refractivity contribution is -0.121. The molecule has 2 aromatic carbocycles. The van der Waals surface area contributed by atoms with Crippen LogP contribution in [0.1, 0.15) is 36.3 Å². The van der Waals surface area contributed by atoms with E-state index in [1.54, 1.807) is 14.2 Å². The topological polar surface area (TPSA) is 52.5 Å². The Morgan fingerprint density at radius 3 is 2.61 bits per heavy atom. The van der Waals surface area contributed by atoms with Crippen LogP contribution in [0.15, 0.2) is 48.7 Å². The van der Waals surface area contributed by atoms with E-state index in [1.165, 1.54) is 5.39 Å². The highest BCUT2D eigenvalue weighted by atomic mass is 16.5. The van der Waals surface area contributed by atoms with Crippen LogP contribution >= 0.6 is 0 Å². The van der Waals surface area contributed by atoms with Crippen LogP contribution in [0.25, 0.3) is 10.9 Å². The van der Waals surface area contributed by atoms with Gasteiger partial charge in [-0.15, -0.1) is 0 Å². The summed E-state index contributed by atoms with van der Waals surface area (Å²) < 4.78 is 13.0. The number of para-hydroxylation sites is 1. The Morgan fingerprint density at radius 2 is 1.89 bits per heavy atom. The van der Waals surface area contributed by atoms with Crippen LogP contribution in [0.2, 0.25) is 0 Å². The number of benzene rings is 2. The minimum absolute atomic E-state index is 0.0651. The van der Waals surface area contributed by atoms with Crippen LogP contribution in [0.4, 0.5) is 0 Å². The van der Waals surface area contributed by atoms with E-state index in [0.717, 1.165) is 29.5 Å². The third kappa shape index (κ3) is 3.57. The standard InChI is InChI=1S/C23H26N2O3/c1-25-14-19(17-6-4-5-7-20(17)25)18(13-23(26)24-16-9-10-16)15-8-11-21(27-2)22(12-15)28-3/h4-8,11-12,14,16,18H,9-10,13H2,1-3H3,(H,24,26). The van der Waals surface area contributed by atoms with E-state index in [4.69, 9.17) is 9.47 Å². The number of aromatic nitrogens is 1. The lowest BCUT2D eigenvalue weighted by atomic mass is 9.87. The number of fused-ring (bicyclic) bond motifs is 1. The van der Waals surface area contributed by atoms with Crippen LogP contribution in [0.5, 0.6) is 11.5 Å². The molecule has 1 N–H and O–H groups in total. The molecule has 0 saturated heterocycles. The summed E-state index contributed by atoms with van der Waals surface area (Å²) in [6.07, 6.45) is 4.71. The number of rotatable bonds is 7. The second kappa shape index (κ2) is 7.58. The molecular weight excluding hydrogens is 352 g/mol. The largest absolute Gasteiger partial charge is 0.493 e. The third-order valence-corrected chi connectivity index (χ3v) is 5.45. The molecule has 1 unspecified atom stereocenters. The summed E-state index contributed by atoms with van der Waals surface area (Å²) in [4.78, 5) is 12.7. The molecule has 1 amide bonds. The van der Waals surface area contributed by atoms with Gasteiger partial charge in [0.15, 0.2) is 11.5 Å². The molecule has 0 aliphatic heterocycles. The maximum atomic E-state index is 12.7. The molecule has 1 heterocycles. The van der Waals surface area contributed by atoms with Crippen molar-refractivity contribution in [2.45, 2.75) is 31.2 Å². The van der Waals surface area contributed by atoms with Crippen molar-refractivity contribution < 1.29 is 14.3 Å². The van der Waals surface area contributed by atoms with E-state index < -0.39 is 0 Å². The van der Waals surface area contributed by atoms with Gasteiger partial charge in [-0.2, -0.15) is 0 Å². The third-order valence-electron chi connectivity index (χ3n) is 5.45. The molecule has 0 radical (unpaired) electrons. The van der Waals surface area contributed by atoms with Crippen LogP contribution in [0.3, 0.4) is 0 Å². The molecule has 1 aliphatic rings. The maximum Gasteiger partial charge on any atom is 0.221 e. The number of amides is 1. The van der Waals surface area contributed by atoms with Gasteiger partial charge in [0.2, 0.25) is 5.91 Å². The van der Waals surface area contributed by atoms with E-state index in [0.29, 0.717) is 24.0 Å². The Balaban J connectivity index is 1.78. The van der Waals surface area contributed by atoms with Gasteiger partial charge in [0.25, 0.3) is 0 Å². The first kappa shape index (κ1) is 18.4. The first-order valence-electron chi connectivity index (χ1n) is 9.66. The molecular formula is C23H26N2O3. The smallest absolute Gasteiger partial charge is 0.221 e. The van der Waals surface area contributed by atoms with Gasteiger partial charge in [0.05, 0.1) is 14.2 Å². The van der Waals surface area contributed by atoms with Crippen molar-refractivity contribution in [1.29, 1.82) is 0 Å². The van der Waals surface area contributed by atoms with E-state index in [1.807, 2.05) is 37.4 Å². The van der Waals surface area contributed by atoms with Crippen molar-refractivity contribution in [2.75, 3.05) is 14.2 Å². The fraction of sp³-hybridized carbons (Fsp3) is 0.348. The van der Waals surface area contributed by atoms with E-state index in [-0.39, 0.29) is 11.8 Å². The molecule has 28 heavy (non-hydrogen) atoms. The Hall–Kier alpha value is -2.95. The van der Waals surface area contributed by atoms with Crippen molar-refractivity contribution >= 4 is 16.8 Å². The molecule has 1 aromatic heterocycles. The Morgan fingerprint density at radius 1 is 1.14 bits per heavy atom. The Kier molecular flexibility index (Phi) is 4.99. The van der Waals surface area contributed by atoms with Crippen molar-refractivity contribution in [3.8, 4) is 11.5 Å². The number of nitrogens with one attached hydrogen (secondary N) is 1. The normalized spacial score (nSPS) is 14.7. The first-order chi connectivity index (χ1) is 13.6. The maximum absolute atomic E-state index is 12.7. The van der Waals surface area contributed by atoms with Gasteiger partial charge in [-0.3, -0.25) is 4.79 Å². The predicted octanol–water partition coefficient (Wildman–Crippen LogP) is 4.00. The summed E-state index contributed by atoms with van der Waals surface area (Å²) in [5.41, 5.74) is 3.35. The molecule has 1 fully saturated rings. The van der Waals surface area contributed by atoms with Crippen molar-refractivity contribution in [3.63, 3.8) is 0 Å². The van der Waals surface area contributed by atoms with Gasteiger partial charge in [0, 0.05) is 42.5 Å². The van der Waals surface area contributed by atoms with Crippen LogP contribution < -0.4 is 14.8 Å². The molecule has 5 nitrogen and oxygen atoms in total. The van der Waals surface area contributed by atoms with Crippen molar-refractivity contribution in [1.82, 2.24) is 9.88 Å². The van der Waals surface area contributed by atoms with Crippen molar-refractivity contribution in [3.05, 3.63) is 59.8 Å². The Bertz CT molecular complexity index is 1000. The number of methoxy groups -OCH3 is 2. The van der Waals surface area contributed by atoms with Crippen LogP contribution in [-0.4, -0.2) is 30.7 Å². The van der Waals surface area contributed by atoms with Crippen molar-refractivity contribution in [2.24, 2.45) is 7.05 Å². The van der Waals surface area contributed by atoms with E-state index in [9.17, 15) is 4.79 Å². The van der Waals surface area contributed by atoms with Gasteiger partial charge >= 0.3 is 0 Å². The summed E-state index contributed by atoms with van der Waals surface area (Å²) in [6, 6.07) is 14.6. The van der Waals surface area contributed by atoms with Gasteiger partial charge in [-0.25, -0.2) is 0 Å². The average molecular weight is 378 g/mol. The van der Waals surface area contributed by atoms with Gasteiger partial charge < -0.3 is 19.4 Å². The molecule has 146 valence electrons. The lowest BCUT2D eigenvalue weighted by Crippen LogP contribution is -2.27. The highest BCUT2D eigenvalue weighted by Crippen LogP contribution is 2.38. The molecule has 0 spiro atoms. The second-order valence-electron chi connectivity index (χ2n) is 7.43. The summed E-state index contributed by atoms with van der Waals surface area (Å²) in [6.45, 7) is 0. The minimum atomic E-state index is -0.0651. The zero-order valence-corrected chi connectivity index (χ0v) is 16.6. The zero-order chi connectivity index (χ0) is 19.7. The summed E-state index contributed by atoms with van der Waals surface area (Å²) in [7, 11) is 5.30. The number of hydrogen-bond donors (Lipinski definition) is 1. The number of ether oxygens (including phenoxy) is 2. The van der Waals surface area contributed by atoms with Gasteiger partial charge in [0.1, 0.15) is 0 Å². The monoisotopic (exact) mass is 378 g/mol. The Labute approximate surface area is 165 Å².